The van der Waals surface area contributed by atoms with E-state index >= 15 is 0 Å². The van der Waals surface area contributed by atoms with Crippen LogP contribution in [0.25, 0.3) is 11.4 Å². The van der Waals surface area contributed by atoms with Gasteiger partial charge in [0.2, 0.25) is 21.7 Å². The van der Waals surface area contributed by atoms with Crippen molar-refractivity contribution >= 4 is 10.0 Å². The summed E-state index contributed by atoms with van der Waals surface area (Å²) in [5.41, 5.74) is 1.05. The summed E-state index contributed by atoms with van der Waals surface area (Å²) >= 11 is 0. The molecule has 1 fully saturated rings. The first-order valence-corrected chi connectivity index (χ1v) is 9.67. The number of rotatable bonds is 3. The number of aryl methyl sites for hydroxylation is 1. The fourth-order valence-electron chi connectivity index (χ4n) is 2.59. The lowest BCUT2D eigenvalue weighted by molar-refractivity contribution is 0.0730. The minimum absolute atomic E-state index is 0.265. The summed E-state index contributed by atoms with van der Waals surface area (Å²) in [6.45, 7) is 9.28. The molecule has 3 rings (SSSR count). The molecule has 1 aliphatic rings. The van der Waals surface area contributed by atoms with Gasteiger partial charge in [-0.2, -0.15) is 9.29 Å². The third-order valence-corrected chi connectivity index (χ3v) is 6.14. The fourth-order valence-corrected chi connectivity index (χ4v) is 4.25. The van der Waals surface area contributed by atoms with Crippen molar-refractivity contribution in [3.8, 4) is 11.4 Å². The first-order chi connectivity index (χ1) is 11.7. The summed E-state index contributed by atoms with van der Waals surface area (Å²) in [5, 5.41) is 4.00. The van der Waals surface area contributed by atoms with Crippen LogP contribution in [-0.4, -0.2) is 49.2 Å². The van der Waals surface area contributed by atoms with Gasteiger partial charge in [-0.25, -0.2) is 8.42 Å². The van der Waals surface area contributed by atoms with Crippen molar-refractivity contribution in [1.82, 2.24) is 14.4 Å². The number of nitrogens with zero attached hydrogens (tertiary/aromatic N) is 3. The van der Waals surface area contributed by atoms with E-state index in [1.165, 1.54) is 4.31 Å². The molecule has 0 bridgehead atoms. The van der Waals surface area contributed by atoms with Crippen LogP contribution in [0.4, 0.5) is 0 Å². The summed E-state index contributed by atoms with van der Waals surface area (Å²) in [4.78, 5) is 4.68. The van der Waals surface area contributed by atoms with Crippen LogP contribution < -0.4 is 0 Å². The summed E-state index contributed by atoms with van der Waals surface area (Å²) in [6.07, 6.45) is 0. The monoisotopic (exact) mass is 365 g/mol. The first-order valence-electron chi connectivity index (χ1n) is 8.23. The number of aromatic nitrogens is 2. The highest BCUT2D eigenvalue weighted by Gasteiger charge is 2.29. The largest absolute Gasteiger partial charge is 0.379 e. The highest BCUT2D eigenvalue weighted by atomic mass is 32.2. The molecule has 1 aromatic carbocycles. The van der Waals surface area contributed by atoms with Gasteiger partial charge in [0.25, 0.3) is 0 Å². The molecule has 2 heterocycles. The van der Waals surface area contributed by atoms with Gasteiger partial charge in [0.15, 0.2) is 0 Å². The molecule has 0 radical (unpaired) electrons. The zero-order valence-electron chi connectivity index (χ0n) is 14.9. The Morgan fingerprint density at radius 2 is 1.84 bits per heavy atom. The maximum absolute atomic E-state index is 13.0. The molecule has 136 valence electrons. The van der Waals surface area contributed by atoms with Crippen LogP contribution in [0.2, 0.25) is 0 Å². The van der Waals surface area contributed by atoms with Crippen LogP contribution in [0.5, 0.6) is 0 Å². The van der Waals surface area contributed by atoms with Crippen molar-refractivity contribution in [3.05, 3.63) is 29.7 Å². The molecule has 25 heavy (non-hydrogen) atoms. The number of morpholine rings is 1. The number of hydrogen-bond donors (Lipinski definition) is 0. The van der Waals surface area contributed by atoms with E-state index in [0.29, 0.717) is 49.1 Å². The van der Waals surface area contributed by atoms with Gasteiger partial charge in [0.1, 0.15) is 0 Å². The number of ether oxygens (including phenoxy) is 1. The van der Waals surface area contributed by atoms with E-state index in [1.807, 2.05) is 26.8 Å². The van der Waals surface area contributed by atoms with Gasteiger partial charge < -0.3 is 9.26 Å². The SMILES string of the molecule is Cc1ccc(-c2noc(C(C)(C)C)n2)cc1S(=O)(=O)N1CCOCC1. The Labute approximate surface area is 148 Å². The number of benzene rings is 1. The third-order valence-electron chi connectivity index (χ3n) is 4.10. The van der Waals surface area contributed by atoms with Crippen LogP contribution in [-0.2, 0) is 20.2 Å². The molecule has 2 aromatic rings. The van der Waals surface area contributed by atoms with Crippen LogP contribution in [0.1, 0.15) is 32.2 Å². The van der Waals surface area contributed by atoms with Gasteiger partial charge in [-0.15, -0.1) is 0 Å². The topological polar surface area (TPSA) is 85.5 Å². The van der Waals surface area contributed by atoms with Crippen LogP contribution >= 0.6 is 0 Å². The molecule has 0 atom stereocenters. The van der Waals surface area contributed by atoms with Gasteiger partial charge in [0, 0.05) is 24.1 Å². The molecular weight excluding hydrogens is 342 g/mol. The molecule has 0 N–H and O–H groups in total. The molecule has 8 heteroatoms. The quantitative estimate of drug-likeness (QED) is 0.830. The fraction of sp³-hybridized carbons (Fsp3) is 0.529. The van der Waals surface area contributed by atoms with Crippen molar-refractivity contribution in [2.24, 2.45) is 0 Å². The zero-order valence-corrected chi connectivity index (χ0v) is 15.8. The van der Waals surface area contributed by atoms with E-state index in [9.17, 15) is 8.42 Å². The summed E-state index contributed by atoms with van der Waals surface area (Å²) in [6, 6.07) is 5.21. The number of hydrogen-bond acceptors (Lipinski definition) is 6. The zero-order chi connectivity index (χ0) is 18.2. The molecule has 0 aliphatic carbocycles. The van der Waals surface area contributed by atoms with Crippen LogP contribution in [0.15, 0.2) is 27.6 Å². The van der Waals surface area contributed by atoms with E-state index < -0.39 is 10.0 Å². The smallest absolute Gasteiger partial charge is 0.243 e. The van der Waals surface area contributed by atoms with Gasteiger partial charge in [-0.1, -0.05) is 38.1 Å². The van der Waals surface area contributed by atoms with Crippen molar-refractivity contribution in [3.63, 3.8) is 0 Å². The Hall–Kier alpha value is -1.77. The predicted octanol–water partition coefficient (Wildman–Crippen LogP) is 2.36. The van der Waals surface area contributed by atoms with Crippen LogP contribution in [0, 0.1) is 6.92 Å². The second kappa shape index (κ2) is 6.51. The second-order valence-electron chi connectivity index (χ2n) is 7.17. The number of sulfonamides is 1. The van der Waals surface area contributed by atoms with Crippen molar-refractivity contribution in [2.45, 2.75) is 38.0 Å². The van der Waals surface area contributed by atoms with Gasteiger partial charge in [-0.05, 0) is 18.6 Å². The molecule has 1 aromatic heterocycles. The maximum atomic E-state index is 13.0. The highest BCUT2D eigenvalue weighted by Crippen LogP contribution is 2.28. The Bertz CT molecular complexity index is 862. The molecular formula is C17H23N3O4S. The van der Waals surface area contributed by atoms with Crippen LogP contribution in [0.3, 0.4) is 0 Å². The minimum atomic E-state index is -3.58. The van der Waals surface area contributed by atoms with Crippen molar-refractivity contribution < 1.29 is 17.7 Å². The standard InChI is InChI=1S/C17H23N3O4S/c1-12-5-6-13(15-18-16(24-19-15)17(2,3)4)11-14(12)25(21,22)20-7-9-23-10-8-20/h5-6,11H,7-10H2,1-4H3. The van der Waals surface area contributed by atoms with E-state index in [2.05, 4.69) is 10.1 Å². The normalized spacial score (nSPS) is 17.0. The molecule has 0 saturated carbocycles. The summed E-state index contributed by atoms with van der Waals surface area (Å²) in [5.74, 6) is 0.906. The highest BCUT2D eigenvalue weighted by molar-refractivity contribution is 7.89. The molecule has 1 aliphatic heterocycles. The van der Waals surface area contributed by atoms with Gasteiger partial charge in [0.05, 0.1) is 18.1 Å². The van der Waals surface area contributed by atoms with E-state index in [4.69, 9.17) is 9.26 Å². The lowest BCUT2D eigenvalue weighted by Crippen LogP contribution is -2.40. The Morgan fingerprint density at radius 3 is 2.44 bits per heavy atom. The molecule has 7 nitrogen and oxygen atoms in total. The average molecular weight is 365 g/mol. The lowest BCUT2D eigenvalue weighted by atomic mass is 9.97. The predicted molar refractivity (Wildman–Crippen MR) is 92.7 cm³/mol. The van der Waals surface area contributed by atoms with E-state index in [-0.39, 0.29) is 10.3 Å². The Morgan fingerprint density at radius 1 is 1.16 bits per heavy atom. The first kappa shape index (κ1) is 18.0. The van der Waals surface area contributed by atoms with Crippen molar-refractivity contribution in [2.75, 3.05) is 26.3 Å². The van der Waals surface area contributed by atoms with Gasteiger partial charge in [-0.3, -0.25) is 0 Å². The van der Waals surface area contributed by atoms with E-state index in [1.54, 1.807) is 19.1 Å². The van der Waals surface area contributed by atoms with E-state index in [0.717, 1.165) is 0 Å². The summed E-state index contributed by atoms with van der Waals surface area (Å²) < 4.78 is 38.0. The molecule has 0 unspecified atom stereocenters. The third kappa shape index (κ3) is 3.61. The molecule has 0 amide bonds. The molecule has 0 spiro atoms. The lowest BCUT2D eigenvalue weighted by Gasteiger charge is -2.26. The maximum Gasteiger partial charge on any atom is 0.243 e. The second-order valence-corrected chi connectivity index (χ2v) is 9.08. The Balaban J connectivity index is 1.99. The summed E-state index contributed by atoms with van der Waals surface area (Å²) in [7, 11) is -3.58. The Kier molecular flexibility index (Phi) is 4.70. The molecule has 1 saturated heterocycles. The minimum Gasteiger partial charge on any atom is -0.379 e. The average Bonchev–Trinajstić information content (AvgIpc) is 3.06. The van der Waals surface area contributed by atoms with Crippen molar-refractivity contribution in [1.29, 1.82) is 0 Å². The van der Waals surface area contributed by atoms with Gasteiger partial charge >= 0.3 is 0 Å².